The third-order valence-electron chi connectivity index (χ3n) is 1.71. The first-order valence-electron chi connectivity index (χ1n) is 3.53. The fraction of sp³-hybridized carbons (Fsp3) is 0.375. The van der Waals surface area contributed by atoms with Crippen molar-refractivity contribution in [1.82, 2.24) is 4.98 Å². The predicted molar refractivity (Wildman–Crippen MR) is 39.3 cm³/mol. The predicted octanol–water partition coefficient (Wildman–Crippen LogP) is 1.26. The lowest BCUT2D eigenvalue weighted by molar-refractivity contribution is -0.0172. The van der Waals surface area contributed by atoms with Crippen LogP contribution >= 0.6 is 0 Å². The fourth-order valence-electron chi connectivity index (χ4n) is 1.17. The molecule has 0 radical (unpaired) electrons. The largest absolute Gasteiger partial charge is 0.465 e. The van der Waals surface area contributed by atoms with Gasteiger partial charge in [0.05, 0.1) is 12.3 Å². The summed E-state index contributed by atoms with van der Waals surface area (Å²) in [5.41, 5.74) is 2.02. The van der Waals surface area contributed by atoms with E-state index in [1.54, 1.807) is 6.20 Å². The molecule has 1 aliphatic rings. The van der Waals surface area contributed by atoms with Crippen LogP contribution in [0.2, 0.25) is 0 Å². The van der Waals surface area contributed by atoms with Gasteiger partial charge in [-0.15, -0.1) is 0 Å². The van der Waals surface area contributed by atoms with E-state index in [0.29, 0.717) is 13.4 Å². The van der Waals surface area contributed by atoms with E-state index < -0.39 is 0 Å². The van der Waals surface area contributed by atoms with Gasteiger partial charge in [-0.05, 0) is 13.0 Å². The number of nitrogens with zero attached hydrogens (tertiary/aromatic N) is 1. The Morgan fingerprint density at radius 2 is 2.45 bits per heavy atom. The van der Waals surface area contributed by atoms with Gasteiger partial charge < -0.3 is 9.47 Å². The lowest BCUT2D eigenvalue weighted by Gasteiger charge is -2.18. The second-order valence-corrected chi connectivity index (χ2v) is 2.50. The van der Waals surface area contributed by atoms with Crippen LogP contribution < -0.4 is 4.74 Å². The zero-order chi connectivity index (χ0) is 7.68. The summed E-state index contributed by atoms with van der Waals surface area (Å²) in [5.74, 6) is 0.888. The standard InChI is InChI=1S/C8H9NO2/c1-6-8-7(2-3-9-6)4-10-5-11-8/h2-3H,4-5H2,1H3. The summed E-state index contributed by atoms with van der Waals surface area (Å²) < 4.78 is 10.4. The van der Waals surface area contributed by atoms with Crippen LogP contribution in [0.1, 0.15) is 11.3 Å². The number of aromatic nitrogens is 1. The highest BCUT2D eigenvalue weighted by atomic mass is 16.7. The minimum Gasteiger partial charge on any atom is -0.465 e. The van der Waals surface area contributed by atoms with Crippen molar-refractivity contribution in [3.05, 3.63) is 23.5 Å². The van der Waals surface area contributed by atoms with Gasteiger partial charge in [0.25, 0.3) is 0 Å². The van der Waals surface area contributed by atoms with E-state index in [9.17, 15) is 0 Å². The molecular weight excluding hydrogens is 142 g/mol. The van der Waals surface area contributed by atoms with E-state index in [2.05, 4.69) is 4.98 Å². The smallest absolute Gasteiger partial charge is 0.189 e. The summed E-state index contributed by atoms with van der Waals surface area (Å²) >= 11 is 0. The summed E-state index contributed by atoms with van der Waals surface area (Å²) in [4.78, 5) is 4.11. The molecule has 0 aliphatic carbocycles. The molecule has 0 N–H and O–H groups in total. The van der Waals surface area contributed by atoms with Crippen molar-refractivity contribution < 1.29 is 9.47 Å². The van der Waals surface area contributed by atoms with E-state index in [1.165, 1.54) is 0 Å². The lowest BCUT2D eigenvalue weighted by Crippen LogP contribution is -2.12. The van der Waals surface area contributed by atoms with Crippen molar-refractivity contribution in [2.75, 3.05) is 6.79 Å². The number of hydrogen-bond acceptors (Lipinski definition) is 3. The molecular formula is C8H9NO2. The van der Waals surface area contributed by atoms with Gasteiger partial charge in [0.1, 0.15) is 5.75 Å². The molecule has 0 spiro atoms. The Bertz CT molecular complexity index is 273. The van der Waals surface area contributed by atoms with Gasteiger partial charge in [0.2, 0.25) is 0 Å². The SMILES string of the molecule is Cc1nccc2c1OCOC2. The highest BCUT2D eigenvalue weighted by Crippen LogP contribution is 2.24. The van der Waals surface area contributed by atoms with Crippen LogP contribution in [-0.4, -0.2) is 11.8 Å². The van der Waals surface area contributed by atoms with Crippen LogP contribution in [0.3, 0.4) is 0 Å². The molecule has 1 aromatic heterocycles. The van der Waals surface area contributed by atoms with E-state index in [0.717, 1.165) is 17.0 Å². The van der Waals surface area contributed by atoms with Crippen molar-refractivity contribution in [1.29, 1.82) is 0 Å². The number of aryl methyl sites for hydroxylation is 1. The molecule has 0 aromatic carbocycles. The summed E-state index contributed by atoms with van der Waals surface area (Å²) in [7, 11) is 0. The molecule has 1 aliphatic heterocycles. The van der Waals surface area contributed by atoms with Crippen LogP contribution in [0.15, 0.2) is 12.3 Å². The van der Waals surface area contributed by atoms with Gasteiger partial charge in [0, 0.05) is 11.8 Å². The number of rotatable bonds is 0. The Balaban J connectivity index is 2.49. The van der Waals surface area contributed by atoms with Gasteiger partial charge in [-0.2, -0.15) is 0 Å². The Morgan fingerprint density at radius 1 is 1.55 bits per heavy atom. The average molecular weight is 151 g/mol. The molecule has 3 nitrogen and oxygen atoms in total. The topological polar surface area (TPSA) is 31.4 Å². The molecule has 11 heavy (non-hydrogen) atoms. The van der Waals surface area contributed by atoms with Gasteiger partial charge in [-0.25, -0.2) is 0 Å². The second kappa shape index (κ2) is 2.51. The van der Waals surface area contributed by atoms with Crippen molar-refractivity contribution in [2.45, 2.75) is 13.5 Å². The van der Waals surface area contributed by atoms with E-state index in [1.807, 2.05) is 13.0 Å². The maximum atomic E-state index is 5.27. The normalized spacial score (nSPS) is 15.4. The summed E-state index contributed by atoms with van der Waals surface area (Å²) in [6.45, 7) is 2.92. The van der Waals surface area contributed by atoms with Gasteiger partial charge in [-0.3, -0.25) is 4.98 Å². The minimum atomic E-state index is 0.347. The molecule has 0 bridgehead atoms. The molecule has 0 atom stereocenters. The number of pyridine rings is 1. The Morgan fingerprint density at radius 3 is 3.27 bits per heavy atom. The zero-order valence-corrected chi connectivity index (χ0v) is 6.33. The third kappa shape index (κ3) is 1.07. The molecule has 2 heterocycles. The van der Waals surface area contributed by atoms with Crippen molar-refractivity contribution in [3.63, 3.8) is 0 Å². The van der Waals surface area contributed by atoms with Crippen molar-refractivity contribution in [2.24, 2.45) is 0 Å². The Hall–Kier alpha value is -1.09. The minimum absolute atomic E-state index is 0.347. The first kappa shape index (κ1) is 6.61. The molecule has 58 valence electrons. The first-order valence-corrected chi connectivity index (χ1v) is 3.53. The monoisotopic (exact) mass is 151 g/mol. The van der Waals surface area contributed by atoms with Crippen LogP contribution in [0.25, 0.3) is 0 Å². The van der Waals surface area contributed by atoms with E-state index in [-0.39, 0.29) is 0 Å². The number of hydrogen-bond donors (Lipinski definition) is 0. The Kier molecular flexibility index (Phi) is 1.51. The first-order chi connectivity index (χ1) is 5.38. The fourth-order valence-corrected chi connectivity index (χ4v) is 1.17. The average Bonchev–Trinajstić information content (AvgIpc) is 2.06. The number of ether oxygens (including phenoxy) is 2. The molecule has 0 unspecified atom stereocenters. The molecule has 3 heteroatoms. The molecule has 1 aromatic rings. The third-order valence-corrected chi connectivity index (χ3v) is 1.71. The van der Waals surface area contributed by atoms with E-state index in [4.69, 9.17) is 9.47 Å². The quantitative estimate of drug-likeness (QED) is 0.559. The molecule has 0 saturated carbocycles. The summed E-state index contributed by atoms with van der Waals surface area (Å²) in [6, 6.07) is 1.92. The second-order valence-electron chi connectivity index (χ2n) is 2.50. The van der Waals surface area contributed by atoms with E-state index >= 15 is 0 Å². The summed E-state index contributed by atoms with van der Waals surface area (Å²) in [6.07, 6.45) is 1.77. The Labute approximate surface area is 65.0 Å². The van der Waals surface area contributed by atoms with Crippen molar-refractivity contribution in [3.8, 4) is 5.75 Å². The number of fused-ring (bicyclic) bond motifs is 1. The van der Waals surface area contributed by atoms with Crippen LogP contribution in [0.5, 0.6) is 5.75 Å². The van der Waals surface area contributed by atoms with Crippen LogP contribution in [0.4, 0.5) is 0 Å². The molecule has 0 fully saturated rings. The highest BCUT2D eigenvalue weighted by molar-refractivity contribution is 5.36. The lowest BCUT2D eigenvalue weighted by atomic mass is 10.2. The van der Waals surface area contributed by atoms with Gasteiger partial charge in [-0.1, -0.05) is 0 Å². The van der Waals surface area contributed by atoms with Crippen molar-refractivity contribution >= 4 is 0 Å². The zero-order valence-electron chi connectivity index (χ0n) is 6.33. The van der Waals surface area contributed by atoms with Crippen LogP contribution in [-0.2, 0) is 11.3 Å². The van der Waals surface area contributed by atoms with Crippen LogP contribution in [0, 0.1) is 6.92 Å². The van der Waals surface area contributed by atoms with Gasteiger partial charge in [0.15, 0.2) is 6.79 Å². The maximum absolute atomic E-state index is 5.27. The summed E-state index contributed by atoms with van der Waals surface area (Å²) in [5, 5.41) is 0. The molecule has 0 saturated heterocycles. The maximum Gasteiger partial charge on any atom is 0.189 e. The van der Waals surface area contributed by atoms with Gasteiger partial charge >= 0.3 is 0 Å². The molecule has 2 rings (SSSR count). The molecule has 0 amide bonds. The highest BCUT2D eigenvalue weighted by Gasteiger charge is 2.12.